The maximum atomic E-state index is 14.7. The minimum atomic E-state index is -5.33. The van der Waals surface area contributed by atoms with Crippen molar-refractivity contribution in [1.82, 2.24) is 29.1 Å². The monoisotopic (exact) mass is 856 g/mol. The summed E-state index contributed by atoms with van der Waals surface area (Å²) in [5.41, 5.74) is 3.14. The Kier molecular flexibility index (Phi) is 15.1. The fraction of sp³-hybridized carbons (Fsp3) is 0.225. The SMILES string of the molecule is C=CCN1CC(=O)N2[C@@H](Cc3ccc(OP(=O)([O-])[O-])cc3)C(=O)N(Cc3cccc4ccn(S(=O)(=O)c5ccc(C)cc5)c34)C[C@@H]2N1C(=O)NCc1ccccc1.[Na+].[Na+]. The smallest absolute Gasteiger partial charge is 0.780 e. The van der Waals surface area contributed by atoms with Gasteiger partial charge in [0.15, 0.2) is 0 Å². The van der Waals surface area contributed by atoms with Gasteiger partial charge in [0, 0.05) is 37.6 Å². The number of piperazine rings is 1. The summed E-state index contributed by atoms with van der Waals surface area (Å²) in [5.74, 6) is -1.08. The Labute approximate surface area is 386 Å². The molecule has 0 bridgehead atoms. The van der Waals surface area contributed by atoms with Gasteiger partial charge in [-0.15, -0.1) is 6.58 Å². The van der Waals surface area contributed by atoms with Crippen molar-refractivity contribution in [3.63, 3.8) is 0 Å². The first-order valence-corrected chi connectivity index (χ1v) is 20.9. The second kappa shape index (κ2) is 19.3. The third-order valence-corrected chi connectivity index (χ3v) is 12.1. The van der Waals surface area contributed by atoms with E-state index in [0.717, 1.165) is 11.1 Å². The van der Waals surface area contributed by atoms with E-state index in [9.17, 15) is 37.2 Å². The molecule has 4 amide bonds. The average molecular weight is 857 g/mol. The summed E-state index contributed by atoms with van der Waals surface area (Å²) < 4.78 is 44.9. The second-order valence-corrected chi connectivity index (χ2v) is 16.7. The Morgan fingerprint density at radius 1 is 0.932 bits per heavy atom. The number of phosphoric ester groups is 1. The predicted molar refractivity (Wildman–Crippen MR) is 206 cm³/mol. The van der Waals surface area contributed by atoms with Crippen LogP contribution in [0.3, 0.4) is 0 Å². The molecule has 2 atom stereocenters. The fourth-order valence-electron chi connectivity index (χ4n) is 7.33. The standard InChI is InChI=1S/C40H41N6O9PS.2Na/c1-3-21-43-27-37(47)45-35(23-29-14-16-33(17-15-29)55-56(50,51)52)39(48)42(26-36(45)46(43)40(49)41-24-30-8-5-4-6-9-30)25-32-11-7-10-31-20-22-44(38(31)32)57(53,54)34-18-12-28(2)13-19-34;;/h3-20,22,35-36H,1,21,23-27H2,2H3,(H,41,49)(H2,50,51,52);;/q;2*+1/p-2/t35-,36-;;/m0../s1. The van der Waals surface area contributed by atoms with E-state index in [4.69, 9.17) is 0 Å². The number of fused-ring (bicyclic) bond motifs is 2. The first kappa shape index (κ1) is 46.3. The number of amides is 4. The zero-order valence-corrected chi connectivity index (χ0v) is 38.6. The number of aryl methyl sites for hydroxylation is 1. The molecule has 19 heteroatoms. The van der Waals surface area contributed by atoms with Gasteiger partial charge < -0.3 is 34.0 Å². The Hall–Kier alpha value is -3.77. The van der Waals surface area contributed by atoms with E-state index in [1.165, 1.54) is 61.4 Å². The molecular weight excluding hydrogens is 817 g/mol. The maximum Gasteiger partial charge on any atom is 1.00 e. The number of aromatic nitrogens is 1. The Morgan fingerprint density at radius 3 is 2.29 bits per heavy atom. The van der Waals surface area contributed by atoms with Crippen LogP contribution in [0.1, 0.15) is 22.3 Å². The molecule has 2 aliphatic rings. The third kappa shape index (κ3) is 10.2. The van der Waals surface area contributed by atoms with Crippen molar-refractivity contribution in [3.05, 3.63) is 144 Å². The number of benzene rings is 4. The van der Waals surface area contributed by atoms with Crippen molar-refractivity contribution in [3.8, 4) is 5.75 Å². The van der Waals surface area contributed by atoms with Gasteiger partial charge in [0.1, 0.15) is 25.8 Å². The van der Waals surface area contributed by atoms with Crippen molar-refractivity contribution in [2.75, 3.05) is 19.6 Å². The quantitative estimate of drug-likeness (QED) is 0.0778. The minimum absolute atomic E-state index is 0. The summed E-state index contributed by atoms with van der Waals surface area (Å²) in [5, 5.41) is 6.57. The number of rotatable bonds is 12. The van der Waals surface area contributed by atoms with Crippen molar-refractivity contribution in [2.24, 2.45) is 0 Å². The molecule has 1 aromatic heterocycles. The van der Waals surface area contributed by atoms with E-state index in [2.05, 4.69) is 16.4 Å². The molecule has 0 radical (unpaired) electrons. The van der Waals surface area contributed by atoms with Gasteiger partial charge in [-0.1, -0.05) is 84.4 Å². The van der Waals surface area contributed by atoms with Crippen molar-refractivity contribution in [1.29, 1.82) is 0 Å². The van der Waals surface area contributed by atoms with E-state index in [1.54, 1.807) is 47.5 Å². The number of hydrazine groups is 1. The molecule has 5 aromatic rings. The molecule has 59 heavy (non-hydrogen) atoms. The van der Waals surface area contributed by atoms with E-state index in [-0.39, 0.29) is 109 Å². The molecule has 4 aromatic carbocycles. The van der Waals surface area contributed by atoms with E-state index >= 15 is 0 Å². The van der Waals surface area contributed by atoms with Crippen LogP contribution in [0.2, 0.25) is 0 Å². The molecule has 2 aliphatic heterocycles. The van der Waals surface area contributed by atoms with Gasteiger partial charge in [-0.3, -0.25) is 9.59 Å². The average Bonchev–Trinajstić information content (AvgIpc) is 3.63. The van der Waals surface area contributed by atoms with Crippen LogP contribution in [0.5, 0.6) is 5.75 Å². The molecule has 0 saturated carbocycles. The Balaban J connectivity index is 0.00000331. The van der Waals surface area contributed by atoms with Crippen LogP contribution >= 0.6 is 7.82 Å². The number of nitrogens with zero attached hydrogens (tertiary/aromatic N) is 5. The molecule has 2 saturated heterocycles. The van der Waals surface area contributed by atoms with E-state index < -0.39 is 47.9 Å². The summed E-state index contributed by atoms with van der Waals surface area (Å²) in [6, 6.07) is 26.6. The maximum absolute atomic E-state index is 14.7. The van der Waals surface area contributed by atoms with Crippen molar-refractivity contribution >= 4 is 46.6 Å². The first-order valence-electron chi connectivity index (χ1n) is 18.0. The molecule has 1 N–H and O–H groups in total. The second-order valence-electron chi connectivity index (χ2n) is 13.8. The van der Waals surface area contributed by atoms with Crippen molar-refractivity contribution < 1.29 is 101 Å². The number of hydrogen-bond acceptors (Lipinski definition) is 10. The van der Waals surface area contributed by atoms with Gasteiger partial charge in [-0.25, -0.2) is 27.2 Å². The summed E-state index contributed by atoms with van der Waals surface area (Å²) in [4.78, 5) is 68.4. The molecule has 3 heterocycles. The zero-order chi connectivity index (χ0) is 40.5. The number of carbonyl (C=O) groups is 3. The van der Waals surface area contributed by atoms with Crippen LogP contribution in [0.4, 0.5) is 4.79 Å². The molecule has 0 unspecified atom stereocenters. The van der Waals surface area contributed by atoms with Gasteiger partial charge in [0.05, 0.1) is 23.5 Å². The van der Waals surface area contributed by atoms with Crippen LogP contribution < -0.4 is 78.7 Å². The fourth-order valence-corrected chi connectivity index (χ4v) is 9.10. The van der Waals surface area contributed by atoms with Crippen molar-refractivity contribution in [2.45, 2.75) is 43.5 Å². The molecule has 296 valence electrons. The molecule has 0 aliphatic carbocycles. The van der Waals surface area contributed by atoms with Crippen LogP contribution in [0.15, 0.2) is 127 Å². The Bertz CT molecular complexity index is 2490. The van der Waals surface area contributed by atoms with Crippen LogP contribution in [-0.2, 0) is 43.7 Å². The van der Waals surface area contributed by atoms with Gasteiger partial charge in [-0.2, -0.15) is 0 Å². The Morgan fingerprint density at radius 2 is 1.63 bits per heavy atom. The van der Waals surface area contributed by atoms with Crippen LogP contribution in [-0.4, -0.2) is 81.9 Å². The zero-order valence-electron chi connectivity index (χ0n) is 32.8. The molecular formula is C40H39N6Na2O9PS. The van der Waals surface area contributed by atoms with Crippen LogP contribution in [0.25, 0.3) is 10.9 Å². The number of hydrogen-bond donors (Lipinski definition) is 1. The number of phosphoric acid groups is 1. The minimum Gasteiger partial charge on any atom is -0.780 e. The van der Waals surface area contributed by atoms with Gasteiger partial charge in [0.2, 0.25) is 11.8 Å². The first-order chi connectivity index (χ1) is 27.2. The topological polar surface area (TPSA) is 188 Å². The van der Waals surface area contributed by atoms with Gasteiger partial charge in [-0.05, 0) is 53.9 Å². The van der Waals surface area contributed by atoms with Crippen LogP contribution in [0, 0.1) is 6.92 Å². The molecule has 0 spiro atoms. The van der Waals surface area contributed by atoms with E-state index in [0.29, 0.717) is 22.0 Å². The third-order valence-electron chi connectivity index (χ3n) is 9.93. The number of para-hydroxylation sites is 1. The largest absolute Gasteiger partial charge is 1.00 e. The summed E-state index contributed by atoms with van der Waals surface area (Å²) >= 11 is 0. The number of urea groups is 1. The predicted octanol–water partition coefficient (Wildman–Crippen LogP) is -2.86. The summed E-state index contributed by atoms with van der Waals surface area (Å²) in [6.45, 7) is 5.59. The normalized spacial score (nSPS) is 17.2. The summed E-state index contributed by atoms with van der Waals surface area (Å²) in [7, 11) is -9.38. The molecule has 2 fully saturated rings. The summed E-state index contributed by atoms with van der Waals surface area (Å²) in [6.07, 6.45) is 2.00. The van der Waals surface area contributed by atoms with Gasteiger partial charge >= 0.3 is 65.1 Å². The van der Waals surface area contributed by atoms with E-state index in [1.807, 2.05) is 37.3 Å². The molecule has 15 nitrogen and oxygen atoms in total. The molecule has 7 rings (SSSR count). The number of nitrogens with one attached hydrogen (secondary N) is 1. The van der Waals surface area contributed by atoms with Gasteiger partial charge in [0.25, 0.3) is 10.0 Å². The number of carbonyl (C=O) groups excluding carboxylic acids is 3.